The molecule has 3 heterocycles. The van der Waals surface area contributed by atoms with E-state index in [-0.39, 0.29) is 6.10 Å². The molecule has 0 aliphatic carbocycles. The number of aromatic nitrogens is 1. The van der Waals surface area contributed by atoms with Crippen LogP contribution in [0.15, 0.2) is 48.7 Å². The number of rotatable bonds is 4. The number of hydrogen-bond acceptors (Lipinski definition) is 4. The normalized spacial score (nSPS) is 21.2. The van der Waals surface area contributed by atoms with Crippen molar-refractivity contribution < 1.29 is 4.74 Å². The van der Waals surface area contributed by atoms with Gasteiger partial charge in [-0.2, -0.15) is 0 Å². The highest BCUT2D eigenvalue weighted by atomic mass is 16.5. The molecule has 1 unspecified atom stereocenters. The van der Waals surface area contributed by atoms with E-state index in [2.05, 4.69) is 45.1 Å². The average Bonchev–Trinajstić information content (AvgIpc) is 2.67. The average molecular weight is 323 g/mol. The Morgan fingerprint density at radius 1 is 0.958 bits per heavy atom. The summed E-state index contributed by atoms with van der Waals surface area (Å²) in [5.41, 5.74) is 1.23. The maximum absolute atomic E-state index is 6.22. The summed E-state index contributed by atoms with van der Waals surface area (Å²) in [6.07, 6.45) is 5.99. The Bertz CT molecular complexity index is 655. The number of ether oxygens (including phenoxy) is 1. The SMILES string of the molecule is c1ccc(C2CN(CCN3CCCCC3)c3ncccc3O2)cc1. The zero-order chi connectivity index (χ0) is 16.2. The molecule has 24 heavy (non-hydrogen) atoms. The summed E-state index contributed by atoms with van der Waals surface area (Å²) in [5, 5.41) is 0. The Morgan fingerprint density at radius 2 is 1.79 bits per heavy atom. The maximum atomic E-state index is 6.22. The Hall–Kier alpha value is -2.07. The first-order valence-electron chi connectivity index (χ1n) is 9.04. The lowest BCUT2D eigenvalue weighted by atomic mass is 10.1. The number of benzene rings is 1. The number of pyridine rings is 1. The van der Waals surface area contributed by atoms with E-state index >= 15 is 0 Å². The maximum Gasteiger partial charge on any atom is 0.171 e. The molecule has 0 amide bonds. The van der Waals surface area contributed by atoms with Crippen LogP contribution >= 0.6 is 0 Å². The number of fused-ring (bicyclic) bond motifs is 1. The second-order valence-corrected chi connectivity index (χ2v) is 6.69. The van der Waals surface area contributed by atoms with Crippen molar-refractivity contribution in [1.29, 1.82) is 0 Å². The first-order chi connectivity index (χ1) is 11.9. The van der Waals surface area contributed by atoms with E-state index in [9.17, 15) is 0 Å². The van der Waals surface area contributed by atoms with Gasteiger partial charge in [-0.25, -0.2) is 4.98 Å². The van der Waals surface area contributed by atoms with Crippen LogP contribution in [0.1, 0.15) is 30.9 Å². The van der Waals surface area contributed by atoms with E-state index in [1.165, 1.54) is 37.9 Å². The molecule has 126 valence electrons. The van der Waals surface area contributed by atoms with Gasteiger partial charge in [-0.15, -0.1) is 0 Å². The van der Waals surface area contributed by atoms with Crippen LogP contribution in [0.5, 0.6) is 5.75 Å². The zero-order valence-corrected chi connectivity index (χ0v) is 14.1. The van der Waals surface area contributed by atoms with Crippen LogP contribution in [0.3, 0.4) is 0 Å². The molecule has 1 fully saturated rings. The zero-order valence-electron chi connectivity index (χ0n) is 14.1. The van der Waals surface area contributed by atoms with E-state index in [1.807, 2.05) is 18.3 Å². The molecule has 1 atom stereocenters. The van der Waals surface area contributed by atoms with Gasteiger partial charge in [0, 0.05) is 19.3 Å². The minimum Gasteiger partial charge on any atom is -0.480 e. The first-order valence-corrected chi connectivity index (χ1v) is 9.04. The Labute approximate surface area is 144 Å². The molecule has 4 nitrogen and oxygen atoms in total. The number of piperidine rings is 1. The summed E-state index contributed by atoms with van der Waals surface area (Å²) < 4.78 is 6.22. The summed E-state index contributed by atoms with van der Waals surface area (Å²) in [4.78, 5) is 9.55. The van der Waals surface area contributed by atoms with Crippen molar-refractivity contribution in [3.05, 3.63) is 54.2 Å². The van der Waals surface area contributed by atoms with Crippen LogP contribution < -0.4 is 9.64 Å². The molecule has 4 heteroatoms. The molecule has 2 aromatic rings. The third-order valence-electron chi connectivity index (χ3n) is 5.01. The molecule has 2 aliphatic heterocycles. The lowest BCUT2D eigenvalue weighted by Gasteiger charge is -2.37. The second-order valence-electron chi connectivity index (χ2n) is 6.69. The monoisotopic (exact) mass is 323 g/mol. The van der Waals surface area contributed by atoms with Crippen molar-refractivity contribution in [2.75, 3.05) is 37.6 Å². The summed E-state index contributed by atoms with van der Waals surface area (Å²) in [6.45, 7) is 5.46. The summed E-state index contributed by atoms with van der Waals surface area (Å²) in [5.74, 6) is 1.89. The molecule has 0 radical (unpaired) electrons. The predicted octanol–water partition coefficient (Wildman–Crippen LogP) is 3.51. The third kappa shape index (κ3) is 3.39. The van der Waals surface area contributed by atoms with Gasteiger partial charge in [-0.1, -0.05) is 36.8 Å². The molecule has 2 aliphatic rings. The number of hydrogen-bond donors (Lipinski definition) is 0. The lowest BCUT2D eigenvalue weighted by molar-refractivity contribution is 0.188. The van der Waals surface area contributed by atoms with Gasteiger partial charge in [-0.3, -0.25) is 0 Å². The van der Waals surface area contributed by atoms with Crippen LogP contribution in [-0.2, 0) is 0 Å². The van der Waals surface area contributed by atoms with Gasteiger partial charge in [0.15, 0.2) is 11.6 Å². The Morgan fingerprint density at radius 3 is 2.62 bits per heavy atom. The van der Waals surface area contributed by atoms with Crippen molar-refractivity contribution in [3.8, 4) is 5.75 Å². The molecular formula is C20H25N3O. The molecule has 1 saturated heterocycles. The number of anilines is 1. The molecule has 4 rings (SSSR count). The van der Waals surface area contributed by atoms with E-state index in [1.54, 1.807) is 0 Å². The van der Waals surface area contributed by atoms with Crippen molar-refractivity contribution in [3.63, 3.8) is 0 Å². The van der Waals surface area contributed by atoms with Crippen molar-refractivity contribution in [2.45, 2.75) is 25.4 Å². The lowest BCUT2D eigenvalue weighted by Crippen LogP contribution is -2.42. The largest absolute Gasteiger partial charge is 0.480 e. The molecular weight excluding hydrogens is 298 g/mol. The van der Waals surface area contributed by atoms with E-state index in [0.717, 1.165) is 31.2 Å². The second kappa shape index (κ2) is 7.22. The molecule has 1 aromatic carbocycles. The van der Waals surface area contributed by atoms with Crippen LogP contribution in [0, 0.1) is 0 Å². The van der Waals surface area contributed by atoms with E-state index < -0.39 is 0 Å². The highest BCUT2D eigenvalue weighted by molar-refractivity contribution is 5.54. The topological polar surface area (TPSA) is 28.6 Å². The van der Waals surface area contributed by atoms with Crippen LogP contribution in [0.25, 0.3) is 0 Å². The molecule has 1 aromatic heterocycles. The molecule has 0 spiro atoms. The fraction of sp³-hybridized carbons (Fsp3) is 0.450. The fourth-order valence-corrected chi connectivity index (χ4v) is 3.67. The number of likely N-dealkylation sites (tertiary alicyclic amines) is 1. The van der Waals surface area contributed by atoms with Crippen molar-refractivity contribution in [1.82, 2.24) is 9.88 Å². The quantitative estimate of drug-likeness (QED) is 0.861. The highest BCUT2D eigenvalue weighted by Gasteiger charge is 2.28. The van der Waals surface area contributed by atoms with Gasteiger partial charge < -0.3 is 14.5 Å². The smallest absolute Gasteiger partial charge is 0.171 e. The van der Waals surface area contributed by atoms with E-state index in [0.29, 0.717) is 0 Å². The van der Waals surface area contributed by atoms with Gasteiger partial charge in [0.2, 0.25) is 0 Å². The molecule has 0 N–H and O–H groups in total. The molecule has 0 saturated carbocycles. The van der Waals surface area contributed by atoms with Gasteiger partial charge in [0.1, 0.15) is 6.10 Å². The van der Waals surface area contributed by atoms with E-state index in [4.69, 9.17) is 4.74 Å². The molecule has 0 bridgehead atoms. The summed E-state index contributed by atoms with van der Waals surface area (Å²) in [6, 6.07) is 14.5. The van der Waals surface area contributed by atoms with Crippen LogP contribution in [-0.4, -0.2) is 42.6 Å². The van der Waals surface area contributed by atoms with Gasteiger partial charge in [0.05, 0.1) is 6.54 Å². The standard InChI is InChI=1S/C20H25N3O/c1-3-8-17(9-4-1)19-16-23(15-14-22-12-5-2-6-13-22)20-18(24-19)10-7-11-21-20/h1,3-4,7-11,19H,2,5-6,12-16H2. The Kier molecular flexibility index (Phi) is 4.65. The van der Waals surface area contributed by atoms with Crippen LogP contribution in [0.2, 0.25) is 0 Å². The first kappa shape index (κ1) is 15.5. The van der Waals surface area contributed by atoms with Gasteiger partial charge >= 0.3 is 0 Å². The minimum atomic E-state index is 0.0734. The van der Waals surface area contributed by atoms with Crippen LogP contribution in [0.4, 0.5) is 5.82 Å². The summed E-state index contributed by atoms with van der Waals surface area (Å²) in [7, 11) is 0. The highest BCUT2D eigenvalue weighted by Crippen LogP contribution is 2.35. The van der Waals surface area contributed by atoms with Crippen molar-refractivity contribution >= 4 is 5.82 Å². The summed E-state index contributed by atoms with van der Waals surface area (Å²) >= 11 is 0. The predicted molar refractivity (Wildman–Crippen MR) is 96.6 cm³/mol. The van der Waals surface area contributed by atoms with Gasteiger partial charge in [0.25, 0.3) is 0 Å². The number of nitrogens with zero attached hydrogens (tertiary/aromatic N) is 3. The third-order valence-corrected chi connectivity index (χ3v) is 5.01. The van der Waals surface area contributed by atoms with Crippen molar-refractivity contribution in [2.24, 2.45) is 0 Å². The Balaban J connectivity index is 1.51. The minimum absolute atomic E-state index is 0.0734. The fourth-order valence-electron chi connectivity index (χ4n) is 3.67. The van der Waals surface area contributed by atoms with Gasteiger partial charge in [-0.05, 0) is 43.6 Å².